The first-order chi connectivity index (χ1) is 13.7. The van der Waals surface area contributed by atoms with Crippen LogP contribution in [-0.4, -0.2) is 56.8 Å². The molecule has 8 heteroatoms. The van der Waals surface area contributed by atoms with Crippen LogP contribution in [-0.2, 0) is 14.8 Å². The molecule has 1 aliphatic heterocycles. The first-order valence-corrected chi connectivity index (χ1v) is 12.6. The molecule has 0 radical (unpaired) electrons. The monoisotopic (exact) mass is 426 g/mol. The number of carbonyl (C=O) groups excluding carboxylic acids is 1. The maximum absolute atomic E-state index is 13.0. The lowest BCUT2D eigenvalue weighted by Gasteiger charge is -2.41. The Labute approximate surface area is 174 Å². The van der Waals surface area contributed by atoms with E-state index in [4.69, 9.17) is 9.15 Å². The summed E-state index contributed by atoms with van der Waals surface area (Å²) in [5.41, 5.74) is 0. The Balaban J connectivity index is 1.68. The standard InChI is InChI=1S/C21H34N2O5S/c1-15(2)16-8-10-17(11-9-16)28-14-19-18(22-29(3,25)26)6-4-12-23(19)21(24)20-7-5-13-27-20/h5,7,13,15-19,22H,4,6,8-12,14H2,1-3H3. The molecule has 2 fully saturated rings. The minimum atomic E-state index is -3.39. The number of nitrogens with one attached hydrogen (secondary N) is 1. The van der Waals surface area contributed by atoms with E-state index in [1.165, 1.54) is 6.26 Å². The number of ether oxygens (including phenoxy) is 1. The van der Waals surface area contributed by atoms with Gasteiger partial charge in [0.15, 0.2) is 5.76 Å². The molecule has 2 atom stereocenters. The van der Waals surface area contributed by atoms with Crippen LogP contribution in [0, 0.1) is 11.8 Å². The van der Waals surface area contributed by atoms with Gasteiger partial charge in [-0.1, -0.05) is 13.8 Å². The van der Waals surface area contributed by atoms with Crippen LogP contribution in [0.15, 0.2) is 22.8 Å². The summed E-state index contributed by atoms with van der Waals surface area (Å²) in [4.78, 5) is 14.7. The van der Waals surface area contributed by atoms with Gasteiger partial charge in [0.05, 0.1) is 31.3 Å². The molecule has 3 rings (SSSR count). The highest BCUT2D eigenvalue weighted by Gasteiger charge is 2.38. The van der Waals surface area contributed by atoms with Gasteiger partial charge in [-0.25, -0.2) is 13.1 Å². The molecule has 29 heavy (non-hydrogen) atoms. The third-order valence-corrected chi connectivity index (χ3v) is 7.03. The molecule has 1 N–H and O–H groups in total. The molecule has 1 aliphatic carbocycles. The Bertz CT molecular complexity index is 754. The van der Waals surface area contributed by atoms with Gasteiger partial charge < -0.3 is 14.1 Å². The number of furan rings is 1. The van der Waals surface area contributed by atoms with Crippen molar-refractivity contribution < 1.29 is 22.4 Å². The van der Waals surface area contributed by atoms with Gasteiger partial charge in [0.2, 0.25) is 10.0 Å². The predicted octanol–water partition coefficient (Wildman–Crippen LogP) is 3.03. The zero-order chi connectivity index (χ0) is 21.0. The predicted molar refractivity (Wildman–Crippen MR) is 111 cm³/mol. The zero-order valence-electron chi connectivity index (χ0n) is 17.7. The number of carbonyl (C=O) groups is 1. The second kappa shape index (κ2) is 9.62. The number of rotatable bonds is 7. The van der Waals surface area contributed by atoms with Crippen molar-refractivity contribution in [1.82, 2.24) is 9.62 Å². The normalized spacial score (nSPS) is 28.6. The third kappa shape index (κ3) is 6.06. The molecule has 0 bridgehead atoms. The van der Waals surface area contributed by atoms with Crippen LogP contribution in [0.1, 0.15) is 62.9 Å². The molecule has 164 valence electrons. The van der Waals surface area contributed by atoms with Crippen molar-refractivity contribution >= 4 is 15.9 Å². The van der Waals surface area contributed by atoms with Crippen molar-refractivity contribution in [2.75, 3.05) is 19.4 Å². The summed E-state index contributed by atoms with van der Waals surface area (Å²) in [6, 6.07) is 2.62. The summed E-state index contributed by atoms with van der Waals surface area (Å²) in [6.07, 6.45) is 8.58. The van der Waals surface area contributed by atoms with Gasteiger partial charge in [0.1, 0.15) is 0 Å². The van der Waals surface area contributed by atoms with E-state index in [0.717, 1.165) is 44.3 Å². The van der Waals surface area contributed by atoms with Gasteiger partial charge in [-0.05, 0) is 62.5 Å². The average molecular weight is 427 g/mol. The summed E-state index contributed by atoms with van der Waals surface area (Å²) in [6.45, 7) is 5.44. The van der Waals surface area contributed by atoms with Crippen molar-refractivity contribution in [2.45, 2.75) is 70.6 Å². The lowest BCUT2D eigenvalue weighted by atomic mass is 9.80. The number of amides is 1. The van der Waals surface area contributed by atoms with E-state index in [9.17, 15) is 13.2 Å². The average Bonchev–Trinajstić information content (AvgIpc) is 3.20. The third-order valence-electron chi connectivity index (χ3n) is 6.30. The molecule has 1 aromatic heterocycles. The summed E-state index contributed by atoms with van der Waals surface area (Å²) in [7, 11) is -3.39. The number of nitrogens with zero attached hydrogens (tertiary/aromatic N) is 1. The van der Waals surface area contributed by atoms with Crippen LogP contribution < -0.4 is 4.72 Å². The molecular weight excluding hydrogens is 392 g/mol. The molecule has 2 heterocycles. The van der Waals surface area contributed by atoms with Gasteiger partial charge >= 0.3 is 0 Å². The molecule has 0 spiro atoms. The quantitative estimate of drug-likeness (QED) is 0.724. The van der Waals surface area contributed by atoms with Gasteiger partial charge in [-0.2, -0.15) is 0 Å². The number of hydrogen-bond donors (Lipinski definition) is 1. The fourth-order valence-electron chi connectivity index (χ4n) is 4.63. The van der Waals surface area contributed by atoms with Crippen LogP contribution in [0.2, 0.25) is 0 Å². The SMILES string of the molecule is CC(C)C1CCC(OCC2C(NS(C)(=O)=O)CCCN2C(=O)c2ccco2)CC1. The zero-order valence-corrected chi connectivity index (χ0v) is 18.5. The van der Waals surface area contributed by atoms with Crippen molar-refractivity contribution in [3.05, 3.63) is 24.2 Å². The Morgan fingerprint density at radius 2 is 2.00 bits per heavy atom. The highest BCUT2D eigenvalue weighted by atomic mass is 32.2. The molecule has 1 saturated heterocycles. The van der Waals surface area contributed by atoms with E-state index in [-0.39, 0.29) is 29.9 Å². The molecule has 2 unspecified atom stereocenters. The first-order valence-electron chi connectivity index (χ1n) is 10.7. The van der Waals surface area contributed by atoms with Crippen molar-refractivity contribution in [1.29, 1.82) is 0 Å². The van der Waals surface area contributed by atoms with Crippen LogP contribution >= 0.6 is 0 Å². The van der Waals surface area contributed by atoms with Crippen molar-refractivity contribution in [2.24, 2.45) is 11.8 Å². The maximum atomic E-state index is 13.0. The van der Waals surface area contributed by atoms with E-state index in [1.54, 1.807) is 17.0 Å². The van der Waals surface area contributed by atoms with E-state index in [0.29, 0.717) is 25.5 Å². The first kappa shape index (κ1) is 22.3. The summed E-state index contributed by atoms with van der Waals surface area (Å²) in [5, 5.41) is 0. The van der Waals surface area contributed by atoms with Gasteiger partial charge in [0, 0.05) is 12.6 Å². The molecule has 2 aliphatic rings. The minimum absolute atomic E-state index is 0.173. The maximum Gasteiger partial charge on any atom is 0.289 e. The summed E-state index contributed by atoms with van der Waals surface area (Å²) >= 11 is 0. The number of piperidine rings is 1. The highest BCUT2D eigenvalue weighted by Crippen LogP contribution is 2.32. The Hall–Kier alpha value is -1.38. The molecule has 7 nitrogen and oxygen atoms in total. The number of hydrogen-bond acceptors (Lipinski definition) is 5. The molecule has 1 amide bonds. The van der Waals surface area contributed by atoms with Crippen LogP contribution in [0.3, 0.4) is 0 Å². The van der Waals surface area contributed by atoms with E-state index >= 15 is 0 Å². The Kier molecular flexibility index (Phi) is 7.40. The Morgan fingerprint density at radius 1 is 1.28 bits per heavy atom. The largest absolute Gasteiger partial charge is 0.459 e. The summed E-state index contributed by atoms with van der Waals surface area (Å²) < 4.78 is 38.0. The second-order valence-electron chi connectivity index (χ2n) is 8.80. The van der Waals surface area contributed by atoms with Crippen LogP contribution in [0.4, 0.5) is 0 Å². The summed E-state index contributed by atoms with van der Waals surface area (Å²) in [5.74, 6) is 1.50. The Morgan fingerprint density at radius 3 is 2.59 bits per heavy atom. The minimum Gasteiger partial charge on any atom is -0.459 e. The second-order valence-corrected chi connectivity index (χ2v) is 10.6. The fourth-order valence-corrected chi connectivity index (χ4v) is 5.45. The number of sulfonamides is 1. The molecule has 1 aromatic rings. The van der Waals surface area contributed by atoms with E-state index < -0.39 is 10.0 Å². The van der Waals surface area contributed by atoms with Crippen molar-refractivity contribution in [3.63, 3.8) is 0 Å². The lowest BCUT2D eigenvalue weighted by Crippen LogP contribution is -2.59. The molecular formula is C21H34N2O5S. The highest BCUT2D eigenvalue weighted by molar-refractivity contribution is 7.88. The topological polar surface area (TPSA) is 88.9 Å². The smallest absolute Gasteiger partial charge is 0.289 e. The van der Waals surface area contributed by atoms with Gasteiger partial charge in [-0.3, -0.25) is 4.79 Å². The molecule has 1 saturated carbocycles. The van der Waals surface area contributed by atoms with Gasteiger partial charge in [0.25, 0.3) is 5.91 Å². The van der Waals surface area contributed by atoms with Crippen LogP contribution in [0.25, 0.3) is 0 Å². The fraction of sp³-hybridized carbons (Fsp3) is 0.762. The van der Waals surface area contributed by atoms with Crippen molar-refractivity contribution in [3.8, 4) is 0 Å². The molecule has 0 aromatic carbocycles. The van der Waals surface area contributed by atoms with E-state index in [1.807, 2.05) is 0 Å². The van der Waals surface area contributed by atoms with Crippen LogP contribution in [0.5, 0.6) is 0 Å². The van der Waals surface area contributed by atoms with E-state index in [2.05, 4.69) is 18.6 Å². The van der Waals surface area contributed by atoms with Gasteiger partial charge in [-0.15, -0.1) is 0 Å². The lowest BCUT2D eigenvalue weighted by molar-refractivity contribution is -0.0288. The number of likely N-dealkylation sites (tertiary alicyclic amines) is 1.